The molecule has 0 amide bonds. The maximum atomic E-state index is 13.0. The Morgan fingerprint density at radius 3 is 2.55 bits per heavy atom. The number of nitro benzene ring substituents is 1. The molecule has 0 unspecified atom stereocenters. The van der Waals surface area contributed by atoms with Crippen molar-refractivity contribution in [2.75, 3.05) is 0 Å². The molecule has 0 bridgehead atoms. The first-order valence-electron chi connectivity index (χ1n) is 8.95. The predicted octanol–water partition coefficient (Wildman–Crippen LogP) is 5.87. The summed E-state index contributed by atoms with van der Waals surface area (Å²) in [4.78, 5) is 22.9. The first-order chi connectivity index (χ1) is 14.9. The number of rotatable bonds is 7. The van der Waals surface area contributed by atoms with Gasteiger partial charge in [-0.3, -0.25) is 14.9 Å². The Kier molecular flexibility index (Phi) is 6.90. The van der Waals surface area contributed by atoms with Crippen LogP contribution in [0.1, 0.15) is 21.5 Å². The highest BCUT2D eigenvalue weighted by Gasteiger charge is 2.16. The number of hydrogen-bond acceptors (Lipinski definition) is 5. The van der Waals surface area contributed by atoms with Gasteiger partial charge in [0.05, 0.1) is 9.40 Å². The van der Waals surface area contributed by atoms with Gasteiger partial charge in [-0.15, -0.1) is 0 Å². The molecule has 6 nitrogen and oxygen atoms in total. The number of non-ortho nitro benzene ring substituents is 1. The zero-order valence-electron chi connectivity index (χ0n) is 15.9. The summed E-state index contributed by atoms with van der Waals surface area (Å²) >= 11 is 3.39. The number of nitro groups is 1. The van der Waals surface area contributed by atoms with Gasteiger partial charge in [-0.1, -0.05) is 30.3 Å². The monoisotopic (exact) mass is 480 g/mol. The van der Waals surface area contributed by atoms with Crippen molar-refractivity contribution in [2.45, 2.75) is 6.61 Å². The molecule has 0 N–H and O–H groups in total. The highest BCUT2D eigenvalue weighted by molar-refractivity contribution is 9.10. The molecule has 0 saturated heterocycles. The molecule has 3 aromatic carbocycles. The molecule has 0 radical (unpaired) electrons. The minimum absolute atomic E-state index is 0.0558. The SMILES string of the molecule is N#C/C(=C\c1ccc(OCc2ccc(F)cc2)c(Br)c1)C(=O)c1cccc([N+](=O)[O-])c1. The zero-order valence-corrected chi connectivity index (χ0v) is 17.5. The van der Waals surface area contributed by atoms with Crippen molar-refractivity contribution in [3.63, 3.8) is 0 Å². The molecule has 31 heavy (non-hydrogen) atoms. The van der Waals surface area contributed by atoms with E-state index in [1.54, 1.807) is 30.3 Å². The summed E-state index contributed by atoms with van der Waals surface area (Å²) in [5.41, 5.74) is 1.03. The Balaban J connectivity index is 1.78. The van der Waals surface area contributed by atoms with E-state index in [0.717, 1.165) is 11.6 Å². The number of Topliss-reactive ketones (excluding diaryl/α,β-unsaturated/α-hetero) is 1. The van der Waals surface area contributed by atoms with Crippen LogP contribution < -0.4 is 4.74 Å². The summed E-state index contributed by atoms with van der Waals surface area (Å²) in [6, 6.07) is 18.0. The number of benzene rings is 3. The number of carbonyl (C=O) groups excluding carboxylic acids is 1. The van der Waals surface area contributed by atoms with Gasteiger partial charge >= 0.3 is 0 Å². The minimum atomic E-state index is -0.612. The smallest absolute Gasteiger partial charge is 0.270 e. The summed E-state index contributed by atoms with van der Waals surface area (Å²) in [7, 11) is 0. The van der Waals surface area contributed by atoms with E-state index in [1.807, 2.05) is 6.07 Å². The van der Waals surface area contributed by atoms with E-state index in [-0.39, 0.29) is 29.2 Å². The molecule has 0 aliphatic heterocycles. The van der Waals surface area contributed by atoms with Crippen molar-refractivity contribution >= 4 is 33.5 Å². The van der Waals surface area contributed by atoms with Crippen LogP contribution in [0.2, 0.25) is 0 Å². The fourth-order valence-electron chi connectivity index (χ4n) is 2.70. The zero-order chi connectivity index (χ0) is 22.4. The average Bonchev–Trinajstić information content (AvgIpc) is 2.77. The molecule has 154 valence electrons. The number of allylic oxidation sites excluding steroid dienone is 1. The van der Waals surface area contributed by atoms with Crippen molar-refractivity contribution in [3.05, 3.63) is 109 Å². The van der Waals surface area contributed by atoms with Crippen LogP contribution in [0.25, 0.3) is 6.08 Å². The Hall–Kier alpha value is -3.83. The van der Waals surface area contributed by atoms with Gasteiger partial charge in [-0.2, -0.15) is 5.26 Å². The number of ether oxygens (including phenoxy) is 1. The van der Waals surface area contributed by atoms with Gasteiger partial charge < -0.3 is 4.74 Å². The van der Waals surface area contributed by atoms with Crippen LogP contribution in [0.4, 0.5) is 10.1 Å². The van der Waals surface area contributed by atoms with Gasteiger partial charge in [0.25, 0.3) is 5.69 Å². The standard InChI is InChI=1S/C23H14BrFN2O4/c24-21-11-16(6-9-22(21)31-14-15-4-7-19(25)8-5-15)10-18(13-26)23(28)17-2-1-3-20(12-17)27(29)30/h1-12H,14H2/b18-10+. The Morgan fingerprint density at radius 1 is 1.16 bits per heavy atom. The first-order valence-corrected chi connectivity index (χ1v) is 9.74. The number of nitrogens with zero attached hydrogens (tertiary/aromatic N) is 2. The van der Waals surface area contributed by atoms with Crippen LogP contribution in [0.3, 0.4) is 0 Å². The van der Waals surface area contributed by atoms with Crippen molar-refractivity contribution in [2.24, 2.45) is 0 Å². The second kappa shape index (κ2) is 9.78. The van der Waals surface area contributed by atoms with E-state index in [2.05, 4.69) is 15.9 Å². The Labute approximate surface area is 185 Å². The second-order valence-corrected chi connectivity index (χ2v) is 7.27. The van der Waals surface area contributed by atoms with Crippen molar-refractivity contribution < 1.29 is 18.8 Å². The summed E-state index contributed by atoms with van der Waals surface area (Å²) in [5, 5.41) is 20.3. The van der Waals surface area contributed by atoms with E-state index in [9.17, 15) is 24.6 Å². The van der Waals surface area contributed by atoms with E-state index >= 15 is 0 Å². The molecule has 0 saturated carbocycles. The van der Waals surface area contributed by atoms with E-state index in [0.29, 0.717) is 15.8 Å². The fraction of sp³-hybridized carbons (Fsp3) is 0.0435. The van der Waals surface area contributed by atoms with Crippen LogP contribution in [0.15, 0.2) is 76.8 Å². The highest BCUT2D eigenvalue weighted by atomic mass is 79.9. The summed E-state index contributed by atoms with van der Waals surface area (Å²) < 4.78 is 19.3. The number of ketones is 1. The largest absolute Gasteiger partial charge is 0.488 e. The fourth-order valence-corrected chi connectivity index (χ4v) is 3.21. The molecule has 0 spiro atoms. The van der Waals surface area contributed by atoms with Crippen LogP contribution in [0, 0.1) is 27.3 Å². The van der Waals surface area contributed by atoms with Gasteiger partial charge in [-0.05, 0) is 57.4 Å². The Morgan fingerprint density at radius 2 is 1.90 bits per heavy atom. The lowest BCUT2D eigenvalue weighted by atomic mass is 10.0. The lowest BCUT2D eigenvalue weighted by molar-refractivity contribution is -0.384. The quantitative estimate of drug-likeness (QED) is 0.138. The number of halogens is 2. The van der Waals surface area contributed by atoms with Crippen LogP contribution in [-0.4, -0.2) is 10.7 Å². The predicted molar refractivity (Wildman–Crippen MR) is 116 cm³/mol. The van der Waals surface area contributed by atoms with Crippen LogP contribution in [-0.2, 0) is 6.61 Å². The van der Waals surface area contributed by atoms with Gasteiger partial charge in [0.15, 0.2) is 0 Å². The maximum absolute atomic E-state index is 13.0. The normalized spacial score (nSPS) is 10.9. The number of carbonyl (C=O) groups is 1. The topological polar surface area (TPSA) is 93.2 Å². The molecule has 0 heterocycles. The maximum Gasteiger partial charge on any atom is 0.270 e. The molecule has 0 aliphatic carbocycles. The van der Waals surface area contributed by atoms with Gasteiger partial charge in [-0.25, -0.2) is 4.39 Å². The minimum Gasteiger partial charge on any atom is -0.488 e. The van der Waals surface area contributed by atoms with Crippen molar-refractivity contribution in [1.82, 2.24) is 0 Å². The molecule has 0 atom stereocenters. The lowest BCUT2D eigenvalue weighted by Crippen LogP contribution is -2.03. The first kappa shape index (κ1) is 21.9. The van der Waals surface area contributed by atoms with Crippen LogP contribution in [0.5, 0.6) is 5.75 Å². The van der Waals surface area contributed by atoms with Gasteiger partial charge in [0.1, 0.15) is 29.8 Å². The lowest BCUT2D eigenvalue weighted by Gasteiger charge is -2.09. The second-order valence-electron chi connectivity index (χ2n) is 6.41. The van der Waals surface area contributed by atoms with Crippen molar-refractivity contribution in [1.29, 1.82) is 5.26 Å². The van der Waals surface area contributed by atoms with Crippen LogP contribution >= 0.6 is 15.9 Å². The Bertz CT molecular complexity index is 1220. The summed E-state index contributed by atoms with van der Waals surface area (Å²) in [6.07, 6.45) is 1.40. The number of hydrogen-bond donors (Lipinski definition) is 0. The molecule has 0 fully saturated rings. The average molecular weight is 481 g/mol. The third-order valence-corrected chi connectivity index (χ3v) is 4.88. The molecule has 3 rings (SSSR count). The van der Waals surface area contributed by atoms with E-state index in [4.69, 9.17) is 4.74 Å². The van der Waals surface area contributed by atoms with Gasteiger partial charge in [0, 0.05) is 17.7 Å². The molecule has 0 aromatic heterocycles. The highest BCUT2D eigenvalue weighted by Crippen LogP contribution is 2.28. The van der Waals surface area contributed by atoms with E-state index in [1.165, 1.54) is 36.4 Å². The third kappa shape index (κ3) is 5.62. The number of nitriles is 1. The van der Waals surface area contributed by atoms with Gasteiger partial charge in [0.2, 0.25) is 5.78 Å². The molecular weight excluding hydrogens is 467 g/mol. The third-order valence-electron chi connectivity index (χ3n) is 4.26. The molecule has 0 aliphatic rings. The molecular formula is C23H14BrFN2O4. The summed E-state index contributed by atoms with van der Waals surface area (Å²) in [5.74, 6) is -0.405. The van der Waals surface area contributed by atoms with E-state index < -0.39 is 10.7 Å². The molecule has 8 heteroatoms. The molecule has 3 aromatic rings. The van der Waals surface area contributed by atoms with Crippen molar-refractivity contribution in [3.8, 4) is 11.8 Å². The summed E-state index contributed by atoms with van der Waals surface area (Å²) in [6.45, 7) is 0.239.